The summed E-state index contributed by atoms with van der Waals surface area (Å²) >= 11 is 0. The Hall–Kier alpha value is -3.54. The van der Waals surface area contributed by atoms with Gasteiger partial charge in [-0.1, -0.05) is 42.5 Å². The van der Waals surface area contributed by atoms with Crippen molar-refractivity contribution in [1.29, 1.82) is 0 Å². The molecule has 0 unspecified atom stereocenters. The summed E-state index contributed by atoms with van der Waals surface area (Å²) in [6.07, 6.45) is 0. The number of nitrogens with zero attached hydrogens (tertiary/aromatic N) is 3. The van der Waals surface area contributed by atoms with Gasteiger partial charge in [-0.15, -0.1) is 10.2 Å². The minimum absolute atomic E-state index is 0.00660. The summed E-state index contributed by atoms with van der Waals surface area (Å²) in [4.78, 5) is 26.2. The van der Waals surface area contributed by atoms with Crippen LogP contribution in [0.1, 0.15) is 47.2 Å². The molecule has 148 valence electrons. The highest BCUT2D eigenvalue weighted by Crippen LogP contribution is 2.17. The highest BCUT2D eigenvalue weighted by Gasteiger charge is 2.20. The number of hydrogen-bond donors (Lipinski definition) is 1. The first-order valence-electron chi connectivity index (χ1n) is 9.50. The number of rotatable bonds is 7. The van der Waals surface area contributed by atoms with E-state index in [1.54, 1.807) is 35.2 Å². The van der Waals surface area contributed by atoms with Crippen LogP contribution in [0, 0.1) is 0 Å². The van der Waals surface area contributed by atoms with Gasteiger partial charge in [-0.2, -0.15) is 0 Å². The van der Waals surface area contributed by atoms with Gasteiger partial charge in [0.2, 0.25) is 0 Å². The Morgan fingerprint density at radius 3 is 2.34 bits per heavy atom. The number of carbonyl (C=O) groups is 2. The van der Waals surface area contributed by atoms with Gasteiger partial charge in [0.05, 0.1) is 0 Å². The Balaban J connectivity index is 1.73. The van der Waals surface area contributed by atoms with Gasteiger partial charge in [0.15, 0.2) is 17.3 Å². The maximum atomic E-state index is 12.9. The second-order valence-corrected chi connectivity index (χ2v) is 7.08. The maximum absolute atomic E-state index is 12.9. The lowest BCUT2D eigenvalue weighted by Gasteiger charge is -2.26. The van der Waals surface area contributed by atoms with Gasteiger partial charge in [-0.3, -0.25) is 9.59 Å². The molecule has 0 atom stereocenters. The average molecular weight is 388 g/mol. The Morgan fingerprint density at radius 1 is 0.966 bits per heavy atom. The number of carbonyl (C=O) groups excluding carboxylic acids is 2. The van der Waals surface area contributed by atoms with Crippen molar-refractivity contribution in [2.75, 3.05) is 5.32 Å². The zero-order chi connectivity index (χ0) is 20.8. The van der Waals surface area contributed by atoms with Crippen molar-refractivity contribution < 1.29 is 9.59 Å². The molecule has 6 heteroatoms. The van der Waals surface area contributed by atoms with Gasteiger partial charge in [0.1, 0.15) is 0 Å². The van der Waals surface area contributed by atoms with Crippen LogP contribution in [0.2, 0.25) is 0 Å². The topological polar surface area (TPSA) is 75.2 Å². The van der Waals surface area contributed by atoms with Crippen LogP contribution in [-0.2, 0) is 6.54 Å². The summed E-state index contributed by atoms with van der Waals surface area (Å²) in [5.41, 5.74) is 2.70. The van der Waals surface area contributed by atoms with Crippen molar-refractivity contribution >= 4 is 23.2 Å². The van der Waals surface area contributed by atoms with E-state index in [2.05, 4.69) is 15.5 Å². The van der Waals surface area contributed by atoms with Crippen molar-refractivity contribution in [3.05, 3.63) is 83.6 Å². The third-order valence-corrected chi connectivity index (χ3v) is 4.51. The average Bonchev–Trinajstić information content (AvgIpc) is 2.73. The SMILES string of the molecule is CC(=O)c1cccc(Nc2ccc(C(=O)N(Cc3ccccc3)C(C)C)nn2)c1. The molecule has 0 radical (unpaired) electrons. The molecule has 0 saturated heterocycles. The number of nitrogens with one attached hydrogen (secondary N) is 1. The number of amides is 1. The number of hydrogen-bond acceptors (Lipinski definition) is 5. The van der Waals surface area contributed by atoms with Crippen LogP contribution < -0.4 is 5.32 Å². The van der Waals surface area contributed by atoms with E-state index in [1.165, 1.54) is 6.92 Å². The lowest BCUT2D eigenvalue weighted by Crippen LogP contribution is -2.37. The van der Waals surface area contributed by atoms with E-state index in [4.69, 9.17) is 0 Å². The summed E-state index contributed by atoms with van der Waals surface area (Å²) in [7, 11) is 0. The van der Waals surface area contributed by atoms with Gasteiger partial charge < -0.3 is 10.2 Å². The van der Waals surface area contributed by atoms with Crippen molar-refractivity contribution in [3.63, 3.8) is 0 Å². The predicted octanol–water partition coefficient (Wildman–Crippen LogP) is 4.47. The zero-order valence-corrected chi connectivity index (χ0v) is 16.8. The molecular formula is C23H24N4O2. The fraction of sp³-hybridized carbons (Fsp3) is 0.217. The third kappa shape index (κ3) is 5.25. The van der Waals surface area contributed by atoms with Crippen LogP contribution in [0.25, 0.3) is 0 Å². The minimum Gasteiger partial charge on any atom is -0.339 e. The monoisotopic (exact) mass is 388 g/mol. The summed E-state index contributed by atoms with van der Waals surface area (Å²) < 4.78 is 0. The number of ketones is 1. The fourth-order valence-electron chi connectivity index (χ4n) is 2.89. The summed E-state index contributed by atoms with van der Waals surface area (Å²) in [5, 5.41) is 11.3. The van der Waals surface area contributed by atoms with Crippen molar-refractivity contribution in [2.24, 2.45) is 0 Å². The van der Waals surface area contributed by atoms with Gasteiger partial charge >= 0.3 is 0 Å². The smallest absolute Gasteiger partial charge is 0.274 e. The third-order valence-electron chi connectivity index (χ3n) is 4.51. The molecule has 0 aliphatic heterocycles. The van der Waals surface area contributed by atoms with Crippen LogP contribution in [0.15, 0.2) is 66.7 Å². The molecule has 0 spiro atoms. The Bertz CT molecular complexity index is 985. The lowest BCUT2D eigenvalue weighted by atomic mass is 10.1. The van der Waals surface area contributed by atoms with Crippen LogP contribution in [-0.4, -0.2) is 32.8 Å². The first-order valence-corrected chi connectivity index (χ1v) is 9.50. The number of aromatic nitrogens is 2. The van der Waals surface area contributed by atoms with Gasteiger partial charge in [0.25, 0.3) is 5.91 Å². The molecule has 0 aliphatic rings. The molecule has 3 aromatic rings. The molecule has 2 aromatic carbocycles. The van der Waals surface area contributed by atoms with Gasteiger partial charge in [-0.25, -0.2) is 0 Å². The minimum atomic E-state index is -0.165. The molecule has 0 bridgehead atoms. The number of anilines is 2. The summed E-state index contributed by atoms with van der Waals surface area (Å²) in [5.74, 6) is 0.329. The van der Waals surface area contributed by atoms with Crippen molar-refractivity contribution in [3.8, 4) is 0 Å². The Kier molecular flexibility index (Phi) is 6.34. The zero-order valence-electron chi connectivity index (χ0n) is 16.8. The second kappa shape index (κ2) is 9.10. The second-order valence-electron chi connectivity index (χ2n) is 7.08. The molecule has 1 aromatic heterocycles. The van der Waals surface area contributed by atoms with E-state index in [0.717, 1.165) is 11.3 Å². The molecule has 29 heavy (non-hydrogen) atoms. The molecule has 1 amide bonds. The molecule has 3 rings (SSSR count). The van der Waals surface area contributed by atoms with E-state index in [9.17, 15) is 9.59 Å². The van der Waals surface area contributed by atoms with Crippen LogP contribution in [0.3, 0.4) is 0 Å². The Labute approximate surface area is 170 Å². The fourth-order valence-corrected chi connectivity index (χ4v) is 2.89. The largest absolute Gasteiger partial charge is 0.339 e. The van der Waals surface area contributed by atoms with Gasteiger partial charge in [-0.05, 0) is 50.6 Å². The highest BCUT2D eigenvalue weighted by atomic mass is 16.2. The number of benzene rings is 2. The van der Waals surface area contributed by atoms with E-state index >= 15 is 0 Å². The Morgan fingerprint density at radius 2 is 1.72 bits per heavy atom. The predicted molar refractivity (Wildman–Crippen MR) is 113 cm³/mol. The summed E-state index contributed by atoms with van der Waals surface area (Å²) in [6.45, 7) is 5.99. The molecule has 0 fully saturated rings. The highest BCUT2D eigenvalue weighted by molar-refractivity contribution is 5.95. The van der Waals surface area contributed by atoms with E-state index in [-0.39, 0.29) is 23.4 Å². The molecule has 0 saturated carbocycles. The lowest BCUT2D eigenvalue weighted by molar-refractivity contribution is 0.0683. The quantitative estimate of drug-likeness (QED) is 0.604. The molecule has 6 nitrogen and oxygen atoms in total. The van der Waals surface area contributed by atoms with Gasteiger partial charge in [0, 0.05) is 23.8 Å². The maximum Gasteiger partial charge on any atom is 0.274 e. The first kappa shape index (κ1) is 20.2. The molecule has 1 N–H and O–H groups in total. The molecule has 1 heterocycles. The van der Waals surface area contributed by atoms with Crippen LogP contribution in [0.5, 0.6) is 0 Å². The van der Waals surface area contributed by atoms with E-state index in [1.807, 2.05) is 50.2 Å². The molecular weight excluding hydrogens is 364 g/mol. The van der Waals surface area contributed by atoms with Crippen molar-refractivity contribution in [2.45, 2.75) is 33.4 Å². The van der Waals surface area contributed by atoms with E-state index in [0.29, 0.717) is 17.9 Å². The normalized spacial score (nSPS) is 10.6. The van der Waals surface area contributed by atoms with Crippen LogP contribution >= 0.6 is 0 Å². The van der Waals surface area contributed by atoms with E-state index < -0.39 is 0 Å². The first-order chi connectivity index (χ1) is 13.9. The standard InChI is InChI=1S/C23H24N4O2/c1-16(2)27(15-18-8-5-4-6-9-18)23(29)21-12-13-22(26-25-21)24-20-11-7-10-19(14-20)17(3)28/h4-14,16H,15H2,1-3H3,(H,24,26). The van der Waals surface area contributed by atoms with Crippen molar-refractivity contribution in [1.82, 2.24) is 15.1 Å². The summed E-state index contributed by atoms with van der Waals surface area (Å²) in [6, 6.07) is 20.4. The van der Waals surface area contributed by atoms with Crippen LogP contribution in [0.4, 0.5) is 11.5 Å². The number of Topliss-reactive ketones (excluding diaryl/α,β-unsaturated/α-hetero) is 1. The molecule has 0 aliphatic carbocycles.